The molecule has 3 aromatic rings. The minimum Gasteiger partial charge on any atom is -0.460 e. The number of benzene rings is 1. The first-order valence-electron chi connectivity index (χ1n) is 7.24. The second-order valence-corrected chi connectivity index (χ2v) is 6.08. The lowest BCUT2D eigenvalue weighted by molar-refractivity contribution is 0.0492. The average molecular weight is 328 g/mol. The number of hydrogen-bond acceptors (Lipinski definition) is 5. The van der Waals surface area contributed by atoms with Crippen LogP contribution in [-0.2, 0) is 11.3 Å². The number of ether oxygens (including phenoxy) is 1. The van der Waals surface area contributed by atoms with Gasteiger partial charge in [-0.15, -0.1) is 0 Å². The van der Waals surface area contributed by atoms with Crippen LogP contribution in [0, 0.1) is 13.8 Å². The number of aryl methyl sites for hydroxylation is 2. The van der Waals surface area contributed by atoms with E-state index in [2.05, 4.69) is 4.98 Å². The first kappa shape index (κ1) is 15.4. The Kier molecular flexibility index (Phi) is 4.25. The molecule has 0 saturated carbocycles. The largest absolute Gasteiger partial charge is 0.460 e. The average Bonchev–Trinajstić information content (AvgIpc) is 2.85. The van der Waals surface area contributed by atoms with E-state index in [-0.39, 0.29) is 11.5 Å². The Morgan fingerprint density at radius 3 is 2.83 bits per heavy atom. The third-order valence-electron chi connectivity index (χ3n) is 3.59. The summed E-state index contributed by atoms with van der Waals surface area (Å²) in [7, 11) is 0. The summed E-state index contributed by atoms with van der Waals surface area (Å²) in [5.74, 6) is -0.396. The zero-order valence-electron chi connectivity index (χ0n) is 12.9. The molecule has 0 aliphatic rings. The summed E-state index contributed by atoms with van der Waals surface area (Å²) in [6.07, 6.45) is 0. The lowest BCUT2D eigenvalue weighted by Gasteiger charge is -2.09. The first-order chi connectivity index (χ1) is 11.1. The van der Waals surface area contributed by atoms with Crippen LogP contribution in [0.3, 0.4) is 0 Å². The molecule has 0 aliphatic heterocycles. The van der Waals surface area contributed by atoms with Crippen LogP contribution in [0.1, 0.15) is 21.7 Å². The van der Waals surface area contributed by atoms with Crippen LogP contribution >= 0.6 is 11.3 Å². The molecule has 2 heterocycles. The molecule has 0 unspecified atom stereocenters. The highest BCUT2D eigenvalue weighted by Crippen LogP contribution is 2.19. The van der Waals surface area contributed by atoms with Crippen molar-refractivity contribution in [3.63, 3.8) is 0 Å². The van der Waals surface area contributed by atoms with Crippen LogP contribution in [0.25, 0.3) is 10.9 Å². The van der Waals surface area contributed by atoms with Crippen molar-refractivity contribution in [3.8, 4) is 0 Å². The van der Waals surface area contributed by atoms with Crippen molar-refractivity contribution >= 4 is 28.2 Å². The molecule has 0 radical (unpaired) electrons. The van der Waals surface area contributed by atoms with E-state index in [1.165, 1.54) is 0 Å². The second-order valence-electron chi connectivity index (χ2n) is 5.26. The number of nitrogens with zero attached hydrogens (tertiary/aromatic N) is 2. The van der Waals surface area contributed by atoms with Crippen molar-refractivity contribution < 1.29 is 9.53 Å². The predicted octanol–water partition coefficient (Wildman–Crippen LogP) is 2.93. The number of rotatable bonds is 4. The molecule has 23 heavy (non-hydrogen) atoms. The normalized spacial score (nSPS) is 10.9. The standard InChI is InChI=1S/C17H16N2O3S/c1-11-9-14(13-5-3-4-6-15(13)18-11)16(20)22-8-7-19-12(2)10-23-17(19)21/h3-6,9-10H,7-8H2,1-2H3. The van der Waals surface area contributed by atoms with Crippen molar-refractivity contribution in [1.29, 1.82) is 0 Å². The topological polar surface area (TPSA) is 61.2 Å². The van der Waals surface area contributed by atoms with E-state index in [9.17, 15) is 9.59 Å². The molecule has 118 valence electrons. The molecule has 0 fully saturated rings. The van der Waals surface area contributed by atoms with Crippen LogP contribution in [0.15, 0.2) is 40.5 Å². The van der Waals surface area contributed by atoms with Crippen molar-refractivity contribution in [1.82, 2.24) is 9.55 Å². The summed E-state index contributed by atoms with van der Waals surface area (Å²) < 4.78 is 6.96. The number of hydrogen-bond donors (Lipinski definition) is 0. The van der Waals surface area contributed by atoms with Gasteiger partial charge in [-0.1, -0.05) is 29.5 Å². The summed E-state index contributed by atoms with van der Waals surface area (Å²) in [5.41, 5.74) is 2.91. The SMILES string of the molecule is Cc1cc(C(=O)OCCn2c(C)csc2=O)c2ccccc2n1. The van der Waals surface area contributed by atoms with Gasteiger partial charge < -0.3 is 4.74 Å². The number of fused-ring (bicyclic) bond motifs is 1. The number of pyridine rings is 1. The van der Waals surface area contributed by atoms with Crippen molar-refractivity contribution in [2.24, 2.45) is 0 Å². The Balaban J connectivity index is 1.78. The Morgan fingerprint density at radius 2 is 2.09 bits per heavy atom. The minimum atomic E-state index is -0.396. The monoisotopic (exact) mass is 328 g/mol. The van der Waals surface area contributed by atoms with Crippen LogP contribution in [0.5, 0.6) is 0 Å². The minimum absolute atomic E-state index is 0.0382. The van der Waals surface area contributed by atoms with Crippen LogP contribution in [0.2, 0.25) is 0 Å². The second kappa shape index (κ2) is 6.34. The molecule has 6 heteroatoms. The number of esters is 1. The van der Waals surface area contributed by atoms with Gasteiger partial charge in [-0.3, -0.25) is 14.3 Å². The van der Waals surface area contributed by atoms with E-state index >= 15 is 0 Å². The Hall–Kier alpha value is -2.47. The lowest BCUT2D eigenvalue weighted by atomic mass is 10.1. The smallest absolute Gasteiger partial charge is 0.338 e. The number of carbonyl (C=O) groups excluding carboxylic acids is 1. The van der Waals surface area contributed by atoms with E-state index in [1.54, 1.807) is 16.0 Å². The first-order valence-corrected chi connectivity index (χ1v) is 8.12. The quantitative estimate of drug-likeness (QED) is 0.691. The third kappa shape index (κ3) is 3.17. The number of carbonyl (C=O) groups is 1. The van der Waals surface area contributed by atoms with Gasteiger partial charge in [0.15, 0.2) is 0 Å². The van der Waals surface area contributed by atoms with Crippen molar-refractivity contribution in [3.05, 3.63) is 62.3 Å². The molecular weight excluding hydrogens is 312 g/mol. The molecular formula is C17H16N2O3S. The fourth-order valence-electron chi connectivity index (χ4n) is 2.46. The van der Waals surface area contributed by atoms with Gasteiger partial charge in [-0.2, -0.15) is 0 Å². The van der Waals surface area contributed by atoms with Gasteiger partial charge in [0.25, 0.3) is 0 Å². The van der Waals surface area contributed by atoms with E-state index < -0.39 is 5.97 Å². The zero-order chi connectivity index (χ0) is 16.4. The Morgan fingerprint density at radius 1 is 1.30 bits per heavy atom. The summed E-state index contributed by atoms with van der Waals surface area (Å²) in [6, 6.07) is 9.20. The Bertz CT molecular complexity index is 927. The molecule has 0 N–H and O–H groups in total. The highest BCUT2D eigenvalue weighted by Gasteiger charge is 2.13. The van der Waals surface area contributed by atoms with Gasteiger partial charge in [-0.05, 0) is 26.0 Å². The highest BCUT2D eigenvalue weighted by atomic mass is 32.1. The molecule has 1 aromatic carbocycles. The molecule has 0 amide bonds. The van der Waals surface area contributed by atoms with Crippen molar-refractivity contribution in [2.75, 3.05) is 6.61 Å². The highest BCUT2D eigenvalue weighted by molar-refractivity contribution is 7.07. The Labute approximate surface area is 137 Å². The number of para-hydroxylation sites is 1. The maximum absolute atomic E-state index is 12.4. The zero-order valence-corrected chi connectivity index (χ0v) is 13.7. The molecule has 2 aromatic heterocycles. The fourth-order valence-corrected chi connectivity index (χ4v) is 3.22. The summed E-state index contributed by atoms with van der Waals surface area (Å²) in [4.78, 5) is 28.4. The number of thiazole rings is 1. The van der Waals surface area contributed by atoms with Gasteiger partial charge in [0.05, 0.1) is 17.6 Å². The van der Waals surface area contributed by atoms with Gasteiger partial charge in [0.2, 0.25) is 0 Å². The molecule has 0 saturated heterocycles. The van der Waals surface area contributed by atoms with E-state index in [4.69, 9.17) is 4.74 Å². The van der Waals surface area contributed by atoms with E-state index in [0.29, 0.717) is 12.1 Å². The molecule has 3 rings (SSSR count). The summed E-state index contributed by atoms with van der Waals surface area (Å²) >= 11 is 1.15. The molecule has 0 spiro atoms. The van der Waals surface area contributed by atoms with Crippen LogP contribution in [0.4, 0.5) is 0 Å². The van der Waals surface area contributed by atoms with Gasteiger partial charge in [0.1, 0.15) is 6.61 Å². The summed E-state index contributed by atoms with van der Waals surface area (Å²) in [6.45, 7) is 4.23. The molecule has 0 bridgehead atoms. The third-order valence-corrected chi connectivity index (χ3v) is 4.47. The number of aromatic nitrogens is 2. The van der Waals surface area contributed by atoms with E-state index in [0.717, 1.165) is 33.6 Å². The van der Waals surface area contributed by atoms with Gasteiger partial charge >= 0.3 is 10.8 Å². The summed E-state index contributed by atoms with van der Waals surface area (Å²) in [5, 5.41) is 2.57. The predicted molar refractivity (Wildman–Crippen MR) is 90.1 cm³/mol. The maximum Gasteiger partial charge on any atom is 0.338 e. The molecule has 5 nitrogen and oxygen atoms in total. The van der Waals surface area contributed by atoms with Crippen LogP contribution in [-0.4, -0.2) is 22.1 Å². The molecule has 0 atom stereocenters. The molecule has 0 aliphatic carbocycles. The van der Waals surface area contributed by atoms with Gasteiger partial charge in [0, 0.05) is 22.2 Å². The van der Waals surface area contributed by atoms with E-state index in [1.807, 2.05) is 38.1 Å². The van der Waals surface area contributed by atoms with Crippen LogP contribution < -0.4 is 4.87 Å². The lowest BCUT2D eigenvalue weighted by Crippen LogP contribution is -2.19. The maximum atomic E-state index is 12.4. The fraction of sp³-hybridized carbons (Fsp3) is 0.235. The van der Waals surface area contributed by atoms with Crippen molar-refractivity contribution in [2.45, 2.75) is 20.4 Å². The van der Waals surface area contributed by atoms with Gasteiger partial charge in [-0.25, -0.2) is 4.79 Å².